The van der Waals surface area contributed by atoms with Gasteiger partial charge in [-0.1, -0.05) is 13.3 Å². The van der Waals surface area contributed by atoms with Crippen molar-refractivity contribution < 1.29 is 9.90 Å². The van der Waals surface area contributed by atoms with Crippen LogP contribution in [-0.2, 0) is 4.79 Å². The van der Waals surface area contributed by atoms with Crippen LogP contribution in [0.15, 0.2) is 12.1 Å². The van der Waals surface area contributed by atoms with Gasteiger partial charge in [-0.15, -0.1) is 0 Å². The first kappa shape index (κ1) is 13.5. The number of carbonyl (C=O) groups excluding carboxylic acids is 1. The molecule has 0 fully saturated rings. The average molecular weight is 236 g/mol. The van der Waals surface area contributed by atoms with Crippen molar-refractivity contribution in [2.45, 2.75) is 39.7 Å². The number of phenols is 1. The highest BCUT2D eigenvalue weighted by Gasteiger charge is 2.14. The Labute approximate surface area is 102 Å². The Hall–Kier alpha value is -1.55. The van der Waals surface area contributed by atoms with Gasteiger partial charge in [0.1, 0.15) is 5.75 Å². The summed E-state index contributed by atoms with van der Waals surface area (Å²) in [4.78, 5) is 11.8. The van der Waals surface area contributed by atoms with Gasteiger partial charge in [0.05, 0.1) is 6.04 Å². The number of benzene rings is 1. The molecule has 4 N–H and O–H groups in total. The Morgan fingerprint density at radius 3 is 2.65 bits per heavy atom. The Bertz CT molecular complexity index is 416. The van der Waals surface area contributed by atoms with Gasteiger partial charge in [-0.25, -0.2) is 0 Å². The number of rotatable bonds is 4. The molecular weight excluding hydrogens is 216 g/mol. The van der Waals surface area contributed by atoms with Gasteiger partial charge in [0.2, 0.25) is 5.91 Å². The molecular formula is C13H20N2O2. The monoisotopic (exact) mass is 236 g/mol. The van der Waals surface area contributed by atoms with Gasteiger partial charge in [-0.3, -0.25) is 4.79 Å². The van der Waals surface area contributed by atoms with Gasteiger partial charge in [0, 0.05) is 5.69 Å². The predicted molar refractivity (Wildman–Crippen MR) is 69.1 cm³/mol. The number of nitrogens with two attached hydrogens (primary N) is 1. The van der Waals surface area contributed by atoms with Crippen molar-refractivity contribution in [1.82, 2.24) is 0 Å². The number of hydrogen-bond donors (Lipinski definition) is 3. The molecule has 0 bridgehead atoms. The molecule has 0 saturated carbocycles. The molecule has 4 heteroatoms. The third-order valence-electron chi connectivity index (χ3n) is 2.74. The fourth-order valence-electron chi connectivity index (χ4n) is 1.60. The Morgan fingerprint density at radius 2 is 2.06 bits per heavy atom. The smallest absolute Gasteiger partial charge is 0.241 e. The summed E-state index contributed by atoms with van der Waals surface area (Å²) in [7, 11) is 0. The Kier molecular flexibility index (Phi) is 4.52. The summed E-state index contributed by atoms with van der Waals surface area (Å²) in [6, 6.07) is 2.91. The minimum atomic E-state index is -0.478. The first-order chi connectivity index (χ1) is 7.95. The molecule has 94 valence electrons. The van der Waals surface area contributed by atoms with Gasteiger partial charge in [0.15, 0.2) is 0 Å². The van der Waals surface area contributed by atoms with Gasteiger partial charge in [-0.05, 0) is 43.5 Å². The SMILES string of the molecule is CCC[C@H](N)C(=O)Nc1cc(C)c(O)cc1C. The third-order valence-corrected chi connectivity index (χ3v) is 2.74. The minimum Gasteiger partial charge on any atom is -0.508 e. The summed E-state index contributed by atoms with van der Waals surface area (Å²) >= 11 is 0. The molecule has 0 aliphatic heterocycles. The van der Waals surface area contributed by atoms with Crippen LogP contribution < -0.4 is 11.1 Å². The van der Waals surface area contributed by atoms with Crippen LogP contribution in [0, 0.1) is 13.8 Å². The largest absolute Gasteiger partial charge is 0.508 e. The number of nitrogens with one attached hydrogen (secondary N) is 1. The number of amides is 1. The molecule has 4 nitrogen and oxygen atoms in total. The normalized spacial score (nSPS) is 12.2. The molecule has 0 aliphatic rings. The third kappa shape index (κ3) is 3.46. The number of aryl methyl sites for hydroxylation is 2. The van der Waals surface area contributed by atoms with Gasteiger partial charge in [0.25, 0.3) is 0 Å². The van der Waals surface area contributed by atoms with Crippen molar-refractivity contribution in [2.75, 3.05) is 5.32 Å². The molecule has 0 spiro atoms. The van der Waals surface area contributed by atoms with Gasteiger partial charge in [-0.2, -0.15) is 0 Å². The van der Waals surface area contributed by atoms with E-state index in [0.717, 1.165) is 17.5 Å². The first-order valence-corrected chi connectivity index (χ1v) is 5.82. The van der Waals surface area contributed by atoms with Crippen LogP contribution in [0.25, 0.3) is 0 Å². The number of hydrogen-bond acceptors (Lipinski definition) is 3. The summed E-state index contributed by atoms with van der Waals surface area (Å²) in [6.45, 7) is 5.61. The Balaban J connectivity index is 2.81. The lowest BCUT2D eigenvalue weighted by atomic mass is 10.1. The lowest BCUT2D eigenvalue weighted by Crippen LogP contribution is -2.35. The van der Waals surface area contributed by atoms with E-state index in [0.29, 0.717) is 12.1 Å². The highest BCUT2D eigenvalue weighted by Crippen LogP contribution is 2.25. The van der Waals surface area contributed by atoms with E-state index in [1.54, 1.807) is 19.1 Å². The van der Waals surface area contributed by atoms with E-state index in [2.05, 4.69) is 5.32 Å². The maximum Gasteiger partial charge on any atom is 0.241 e. The molecule has 1 aromatic rings. The zero-order valence-corrected chi connectivity index (χ0v) is 10.6. The van der Waals surface area contributed by atoms with Crippen LogP contribution >= 0.6 is 0 Å². The van der Waals surface area contributed by atoms with Crippen LogP contribution in [0.1, 0.15) is 30.9 Å². The summed E-state index contributed by atoms with van der Waals surface area (Å²) < 4.78 is 0. The predicted octanol–water partition coefficient (Wildman–Crippen LogP) is 2.07. The van der Waals surface area contributed by atoms with Crippen molar-refractivity contribution in [3.63, 3.8) is 0 Å². The molecule has 0 aromatic heterocycles. The van der Waals surface area contributed by atoms with Crippen molar-refractivity contribution in [1.29, 1.82) is 0 Å². The second kappa shape index (κ2) is 5.68. The van der Waals surface area contributed by atoms with Crippen LogP contribution in [0.3, 0.4) is 0 Å². The van der Waals surface area contributed by atoms with E-state index in [9.17, 15) is 9.90 Å². The van der Waals surface area contributed by atoms with Crippen LogP contribution in [-0.4, -0.2) is 17.1 Å². The molecule has 1 atom stereocenters. The standard InChI is InChI=1S/C13H20N2O2/c1-4-5-10(14)13(17)15-11-6-9(3)12(16)7-8(11)2/h6-7,10,16H,4-5,14H2,1-3H3,(H,15,17)/t10-/m0/s1. The zero-order chi connectivity index (χ0) is 13.0. The molecule has 0 aliphatic carbocycles. The summed E-state index contributed by atoms with van der Waals surface area (Å²) in [5.41, 5.74) is 7.99. The van der Waals surface area contributed by atoms with E-state index in [4.69, 9.17) is 5.73 Å². The maximum absolute atomic E-state index is 11.8. The molecule has 0 radical (unpaired) electrons. The second-order valence-corrected chi connectivity index (χ2v) is 4.34. The zero-order valence-electron chi connectivity index (χ0n) is 10.6. The highest BCUT2D eigenvalue weighted by atomic mass is 16.3. The van der Waals surface area contributed by atoms with Crippen LogP contribution in [0.2, 0.25) is 0 Å². The molecule has 0 heterocycles. The molecule has 0 saturated heterocycles. The molecule has 0 unspecified atom stereocenters. The molecule has 1 amide bonds. The van der Waals surface area contributed by atoms with Crippen molar-refractivity contribution >= 4 is 11.6 Å². The quantitative estimate of drug-likeness (QED) is 0.700. The van der Waals surface area contributed by atoms with E-state index in [1.165, 1.54) is 0 Å². The lowest BCUT2D eigenvalue weighted by Gasteiger charge is -2.14. The highest BCUT2D eigenvalue weighted by molar-refractivity contribution is 5.95. The fourth-order valence-corrected chi connectivity index (χ4v) is 1.60. The van der Waals surface area contributed by atoms with E-state index < -0.39 is 6.04 Å². The van der Waals surface area contributed by atoms with Crippen LogP contribution in [0.4, 0.5) is 5.69 Å². The minimum absolute atomic E-state index is 0.181. The maximum atomic E-state index is 11.8. The van der Waals surface area contributed by atoms with Crippen molar-refractivity contribution in [3.8, 4) is 5.75 Å². The van der Waals surface area contributed by atoms with Crippen molar-refractivity contribution in [2.24, 2.45) is 5.73 Å². The van der Waals surface area contributed by atoms with E-state index in [1.807, 2.05) is 13.8 Å². The first-order valence-electron chi connectivity index (χ1n) is 5.82. The van der Waals surface area contributed by atoms with E-state index in [-0.39, 0.29) is 11.7 Å². The van der Waals surface area contributed by atoms with Crippen molar-refractivity contribution in [3.05, 3.63) is 23.3 Å². The molecule has 1 rings (SSSR count). The van der Waals surface area contributed by atoms with Crippen LogP contribution in [0.5, 0.6) is 5.75 Å². The summed E-state index contributed by atoms with van der Waals surface area (Å²) in [5, 5.41) is 12.3. The van der Waals surface area contributed by atoms with E-state index >= 15 is 0 Å². The summed E-state index contributed by atoms with van der Waals surface area (Å²) in [6.07, 6.45) is 1.55. The summed E-state index contributed by atoms with van der Waals surface area (Å²) in [5.74, 6) is 0.0541. The molecule has 17 heavy (non-hydrogen) atoms. The number of phenolic OH excluding ortho intramolecular Hbond substituents is 1. The van der Waals surface area contributed by atoms with Gasteiger partial charge >= 0.3 is 0 Å². The Morgan fingerprint density at radius 1 is 1.41 bits per heavy atom. The molecule has 1 aromatic carbocycles. The number of aromatic hydroxyl groups is 1. The number of anilines is 1. The second-order valence-electron chi connectivity index (χ2n) is 4.34. The average Bonchev–Trinajstić information content (AvgIpc) is 2.26. The fraction of sp³-hybridized carbons (Fsp3) is 0.462. The van der Waals surface area contributed by atoms with Gasteiger partial charge < -0.3 is 16.2 Å². The topological polar surface area (TPSA) is 75.4 Å². The number of carbonyl (C=O) groups is 1. The lowest BCUT2D eigenvalue weighted by molar-refractivity contribution is -0.117.